The number of rotatable bonds is 6. The SMILES string of the molecule is CCOc1ccc(C(F)(F)F)cc1NCC(=O)Nc1ccccc1. The molecular weight excluding hydrogens is 321 g/mol. The van der Waals surface area contributed by atoms with Crippen LogP contribution in [0.4, 0.5) is 24.5 Å². The molecule has 2 aromatic rings. The van der Waals surface area contributed by atoms with Crippen molar-refractivity contribution in [2.75, 3.05) is 23.8 Å². The largest absolute Gasteiger partial charge is 0.492 e. The number of carbonyl (C=O) groups excluding carboxylic acids is 1. The van der Waals surface area contributed by atoms with Crippen LogP contribution in [-0.2, 0) is 11.0 Å². The van der Waals surface area contributed by atoms with Crippen LogP contribution in [0.5, 0.6) is 5.75 Å². The summed E-state index contributed by atoms with van der Waals surface area (Å²) in [6.07, 6.45) is -4.46. The Labute approximate surface area is 137 Å². The molecule has 0 fully saturated rings. The minimum absolute atomic E-state index is 0.120. The molecule has 4 nitrogen and oxygen atoms in total. The Balaban J connectivity index is 2.08. The molecule has 0 atom stereocenters. The smallest absolute Gasteiger partial charge is 0.416 e. The molecule has 0 spiro atoms. The quantitative estimate of drug-likeness (QED) is 0.832. The van der Waals surface area contributed by atoms with Crippen LogP contribution < -0.4 is 15.4 Å². The molecule has 2 rings (SSSR count). The molecule has 2 aromatic carbocycles. The minimum Gasteiger partial charge on any atom is -0.492 e. The van der Waals surface area contributed by atoms with Gasteiger partial charge in [0.05, 0.1) is 24.4 Å². The molecule has 0 saturated heterocycles. The maximum absolute atomic E-state index is 12.8. The van der Waals surface area contributed by atoms with Gasteiger partial charge in [0.25, 0.3) is 0 Å². The van der Waals surface area contributed by atoms with Crippen LogP contribution in [-0.4, -0.2) is 19.1 Å². The van der Waals surface area contributed by atoms with E-state index < -0.39 is 11.7 Å². The maximum Gasteiger partial charge on any atom is 0.416 e. The third-order valence-electron chi connectivity index (χ3n) is 3.10. The van der Waals surface area contributed by atoms with Crippen molar-refractivity contribution in [3.05, 3.63) is 54.1 Å². The highest BCUT2D eigenvalue weighted by Crippen LogP contribution is 2.35. The first kappa shape index (κ1) is 17.7. The summed E-state index contributed by atoms with van der Waals surface area (Å²) < 4.78 is 43.8. The minimum atomic E-state index is -4.46. The van der Waals surface area contributed by atoms with E-state index in [4.69, 9.17) is 4.74 Å². The fourth-order valence-corrected chi connectivity index (χ4v) is 2.03. The van der Waals surface area contributed by atoms with Gasteiger partial charge < -0.3 is 15.4 Å². The normalized spacial score (nSPS) is 11.0. The molecule has 0 aliphatic heterocycles. The lowest BCUT2D eigenvalue weighted by atomic mass is 10.1. The van der Waals surface area contributed by atoms with E-state index in [0.717, 1.165) is 12.1 Å². The van der Waals surface area contributed by atoms with Gasteiger partial charge in [-0.15, -0.1) is 0 Å². The highest BCUT2D eigenvalue weighted by molar-refractivity contribution is 5.93. The molecule has 0 unspecified atom stereocenters. The van der Waals surface area contributed by atoms with E-state index in [1.54, 1.807) is 31.2 Å². The Hall–Kier alpha value is -2.70. The molecule has 0 saturated carbocycles. The summed E-state index contributed by atoms with van der Waals surface area (Å²) in [5, 5.41) is 5.34. The van der Waals surface area contributed by atoms with Crippen LogP contribution in [0, 0.1) is 0 Å². The molecule has 1 amide bonds. The van der Waals surface area contributed by atoms with Crippen molar-refractivity contribution in [1.29, 1.82) is 0 Å². The van der Waals surface area contributed by atoms with Gasteiger partial charge in [-0.2, -0.15) is 13.2 Å². The molecule has 0 bridgehead atoms. The Bertz CT molecular complexity index is 688. The second-order valence-corrected chi connectivity index (χ2v) is 4.91. The lowest BCUT2D eigenvalue weighted by Crippen LogP contribution is -2.22. The zero-order valence-corrected chi connectivity index (χ0v) is 13.0. The summed E-state index contributed by atoms with van der Waals surface area (Å²) in [4.78, 5) is 11.9. The third-order valence-corrected chi connectivity index (χ3v) is 3.10. The maximum atomic E-state index is 12.8. The van der Waals surface area contributed by atoms with E-state index in [-0.39, 0.29) is 23.9 Å². The Morgan fingerprint density at radius 3 is 2.46 bits per heavy atom. The molecule has 24 heavy (non-hydrogen) atoms. The number of amides is 1. The van der Waals surface area contributed by atoms with E-state index in [9.17, 15) is 18.0 Å². The second kappa shape index (κ2) is 7.72. The number of para-hydroxylation sites is 1. The van der Waals surface area contributed by atoms with E-state index in [1.807, 2.05) is 6.07 Å². The third kappa shape index (κ3) is 4.91. The van der Waals surface area contributed by atoms with Gasteiger partial charge in [0, 0.05) is 5.69 Å². The average Bonchev–Trinajstić information content (AvgIpc) is 2.54. The summed E-state index contributed by atoms with van der Waals surface area (Å²) in [5.41, 5.74) is -0.0785. The molecule has 128 valence electrons. The molecule has 0 radical (unpaired) electrons. The topological polar surface area (TPSA) is 50.4 Å². The molecule has 0 aromatic heterocycles. The van der Waals surface area contributed by atoms with Gasteiger partial charge in [0.1, 0.15) is 5.75 Å². The lowest BCUT2D eigenvalue weighted by Gasteiger charge is -2.15. The van der Waals surface area contributed by atoms with E-state index in [1.165, 1.54) is 6.07 Å². The first-order valence-corrected chi connectivity index (χ1v) is 7.33. The van der Waals surface area contributed by atoms with Crippen molar-refractivity contribution in [2.45, 2.75) is 13.1 Å². The van der Waals surface area contributed by atoms with Gasteiger partial charge in [0.15, 0.2) is 0 Å². The molecule has 7 heteroatoms. The number of alkyl halides is 3. The summed E-state index contributed by atoms with van der Waals surface area (Å²) in [7, 11) is 0. The average molecular weight is 338 g/mol. The molecule has 0 aliphatic rings. The Morgan fingerprint density at radius 1 is 1.12 bits per heavy atom. The van der Waals surface area contributed by atoms with Crippen LogP contribution in [0.2, 0.25) is 0 Å². The van der Waals surface area contributed by atoms with Crippen LogP contribution in [0.15, 0.2) is 48.5 Å². The van der Waals surface area contributed by atoms with Crippen LogP contribution >= 0.6 is 0 Å². The zero-order valence-electron chi connectivity index (χ0n) is 13.0. The summed E-state index contributed by atoms with van der Waals surface area (Å²) in [6.45, 7) is 1.84. The number of anilines is 2. The van der Waals surface area contributed by atoms with E-state index in [0.29, 0.717) is 12.3 Å². The number of nitrogens with one attached hydrogen (secondary N) is 2. The Morgan fingerprint density at radius 2 is 1.83 bits per heavy atom. The predicted octanol–water partition coefficient (Wildman–Crippen LogP) is 4.15. The van der Waals surface area contributed by atoms with E-state index in [2.05, 4.69) is 10.6 Å². The van der Waals surface area contributed by atoms with Gasteiger partial charge in [-0.05, 0) is 37.3 Å². The Kier molecular flexibility index (Phi) is 5.68. The standard InChI is InChI=1S/C17H17F3N2O2/c1-2-24-15-9-8-12(17(18,19)20)10-14(15)21-11-16(23)22-13-6-4-3-5-7-13/h3-10,21H,2,11H2,1H3,(H,22,23). The predicted molar refractivity (Wildman–Crippen MR) is 86.2 cm³/mol. The van der Waals surface area contributed by atoms with Crippen molar-refractivity contribution in [2.24, 2.45) is 0 Å². The monoisotopic (exact) mass is 338 g/mol. The van der Waals surface area contributed by atoms with Crippen molar-refractivity contribution >= 4 is 17.3 Å². The van der Waals surface area contributed by atoms with Gasteiger partial charge in [-0.1, -0.05) is 18.2 Å². The first-order chi connectivity index (χ1) is 11.4. The summed E-state index contributed by atoms with van der Waals surface area (Å²) >= 11 is 0. The van der Waals surface area contributed by atoms with Crippen molar-refractivity contribution in [1.82, 2.24) is 0 Å². The van der Waals surface area contributed by atoms with E-state index >= 15 is 0 Å². The summed E-state index contributed by atoms with van der Waals surface area (Å²) in [6, 6.07) is 11.9. The lowest BCUT2D eigenvalue weighted by molar-refractivity contribution is -0.137. The van der Waals surface area contributed by atoms with Crippen molar-refractivity contribution in [3.8, 4) is 5.75 Å². The molecule has 2 N–H and O–H groups in total. The molecule has 0 aliphatic carbocycles. The summed E-state index contributed by atoms with van der Waals surface area (Å²) in [5.74, 6) is -0.112. The fraction of sp³-hybridized carbons (Fsp3) is 0.235. The van der Waals surface area contributed by atoms with Gasteiger partial charge in [0.2, 0.25) is 5.91 Å². The van der Waals surface area contributed by atoms with Crippen molar-refractivity contribution in [3.63, 3.8) is 0 Å². The number of halogens is 3. The fourth-order valence-electron chi connectivity index (χ4n) is 2.03. The van der Waals surface area contributed by atoms with Gasteiger partial charge >= 0.3 is 6.18 Å². The molecule has 0 heterocycles. The molecular formula is C17H17F3N2O2. The number of hydrogen-bond donors (Lipinski definition) is 2. The number of hydrogen-bond acceptors (Lipinski definition) is 3. The number of carbonyl (C=O) groups is 1. The highest BCUT2D eigenvalue weighted by Gasteiger charge is 2.31. The number of benzene rings is 2. The van der Waals surface area contributed by atoms with Crippen LogP contribution in [0.3, 0.4) is 0 Å². The second-order valence-electron chi connectivity index (χ2n) is 4.91. The highest BCUT2D eigenvalue weighted by atomic mass is 19.4. The van der Waals surface area contributed by atoms with Gasteiger partial charge in [-0.25, -0.2) is 0 Å². The van der Waals surface area contributed by atoms with Gasteiger partial charge in [-0.3, -0.25) is 4.79 Å². The number of ether oxygens (including phenoxy) is 1. The zero-order chi connectivity index (χ0) is 17.6. The first-order valence-electron chi connectivity index (χ1n) is 7.33. The van der Waals surface area contributed by atoms with Crippen LogP contribution in [0.1, 0.15) is 12.5 Å². The van der Waals surface area contributed by atoms with Crippen molar-refractivity contribution < 1.29 is 22.7 Å². The van der Waals surface area contributed by atoms with Crippen LogP contribution in [0.25, 0.3) is 0 Å².